The van der Waals surface area contributed by atoms with Crippen molar-refractivity contribution in [2.45, 2.75) is 13.5 Å². The van der Waals surface area contributed by atoms with Gasteiger partial charge in [-0.1, -0.05) is 24.3 Å². The number of carbonyl (C=O) groups excluding carboxylic acids is 1. The van der Waals surface area contributed by atoms with E-state index in [0.717, 1.165) is 60.7 Å². The minimum absolute atomic E-state index is 0.120. The summed E-state index contributed by atoms with van der Waals surface area (Å²) in [6.45, 7) is 5.51. The molecule has 12 heteroatoms. The van der Waals surface area contributed by atoms with Crippen molar-refractivity contribution in [3.05, 3.63) is 66.4 Å². The highest BCUT2D eigenvalue weighted by Crippen LogP contribution is 2.33. The lowest BCUT2D eigenvalue weighted by atomic mass is 10.1. The summed E-state index contributed by atoms with van der Waals surface area (Å²) >= 11 is 0. The van der Waals surface area contributed by atoms with Crippen LogP contribution >= 0.6 is 0 Å². The monoisotopic (exact) mass is 563 g/mol. The van der Waals surface area contributed by atoms with Crippen molar-refractivity contribution < 1.29 is 17.9 Å². The summed E-state index contributed by atoms with van der Waals surface area (Å²) in [5, 5.41) is 7.98. The first-order valence-electron chi connectivity index (χ1n) is 12.9. The number of rotatable bonds is 8. The van der Waals surface area contributed by atoms with E-state index in [0.29, 0.717) is 17.4 Å². The van der Waals surface area contributed by atoms with Gasteiger partial charge in [-0.15, -0.1) is 5.10 Å². The second-order valence-electron chi connectivity index (χ2n) is 9.83. The minimum Gasteiger partial charge on any atom is -0.495 e. The lowest BCUT2D eigenvalue weighted by Crippen LogP contribution is -2.47. The number of hydrogen-bond donors (Lipinski definition) is 1. The van der Waals surface area contributed by atoms with Gasteiger partial charge in [-0.2, -0.15) is 0 Å². The average molecular weight is 564 g/mol. The van der Waals surface area contributed by atoms with Crippen molar-refractivity contribution >= 4 is 38.8 Å². The third kappa shape index (κ3) is 5.73. The van der Waals surface area contributed by atoms with E-state index in [1.807, 2.05) is 47.4 Å². The fraction of sp³-hybridized carbons (Fsp3) is 0.321. The number of benzene rings is 2. The Labute approximate surface area is 234 Å². The van der Waals surface area contributed by atoms with Gasteiger partial charge in [0.1, 0.15) is 5.75 Å². The molecule has 2 aromatic carbocycles. The first-order chi connectivity index (χ1) is 19.1. The quantitative estimate of drug-likeness (QED) is 0.348. The summed E-state index contributed by atoms with van der Waals surface area (Å²) in [6, 6.07) is 17.1. The number of carbonyl (C=O) groups is 1. The summed E-state index contributed by atoms with van der Waals surface area (Å²) in [6.07, 6.45) is 2.89. The maximum Gasteiger partial charge on any atom is 0.245 e. The molecule has 0 radical (unpaired) electrons. The van der Waals surface area contributed by atoms with Crippen molar-refractivity contribution in [2.24, 2.45) is 0 Å². The Morgan fingerprint density at radius 2 is 1.82 bits per heavy atom. The third-order valence-electron chi connectivity index (χ3n) is 7.15. The molecular formula is C28H33N7O4S. The molecule has 1 amide bonds. The molecule has 0 bridgehead atoms. The Morgan fingerprint density at radius 3 is 2.52 bits per heavy atom. The van der Waals surface area contributed by atoms with Gasteiger partial charge >= 0.3 is 0 Å². The number of ether oxygens (including phenoxy) is 1. The van der Waals surface area contributed by atoms with Gasteiger partial charge < -0.3 is 15.0 Å². The van der Waals surface area contributed by atoms with Crippen LogP contribution in [0.5, 0.6) is 5.75 Å². The second-order valence-corrected chi connectivity index (χ2v) is 11.8. The topological polar surface area (TPSA) is 112 Å². The number of amides is 1. The van der Waals surface area contributed by atoms with Crippen molar-refractivity contribution in [3.8, 4) is 17.0 Å². The normalized spacial score (nSPS) is 14.3. The van der Waals surface area contributed by atoms with Gasteiger partial charge in [0, 0.05) is 52.3 Å². The van der Waals surface area contributed by atoms with Crippen LogP contribution in [0.1, 0.15) is 12.5 Å². The molecule has 40 heavy (non-hydrogen) atoms. The number of nitrogens with zero attached hydrogens (tertiary/aromatic N) is 6. The maximum absolute atomic E-state index is 12.3. The Balaban J connectivity index is 1.39. The lowest BCUT2D eigenvalue weighted by molar-refractivity contribution is -0.130. The van der Waals surface area contributed by atoms with Crippen molar-refractivity contribution in [2.75, 3.05) is 56.2 Å². The number of methoxy groups -OCH3 is 1. The fourth-order valence-electron chi connectivity index (χ4n) is 4.84. The zero-order chi connectivity index (χ0) is 28.4. The molecule has 1 fully saturated rings. The zero-order valence-corrected chi connectivity index (χ0v) is 23.9. The van der Waals surface area contributed by atoms with Gasteiger partial charge in [-0.25, -0.2) is 17.9 Å². The highest BCUT2D eigenvalue weighted by atomic mass is 32.2. The van der Waals surface area contributed by atoms with Crippen molar-refractivity contribution in [3.63, 3.8) is 0 Å². The van der Waals surface area contributed by atoms with Crippen LogP contribution in [0, 0.1) is 0 Å². The van der Waals surface area contributed by atoms with Crippen LogP contribution in [-0.2, 0) is 21.4 Å². The first kappa shape index (κ1) is 27.4. The molecule has 3 heterocycles. The number of fused-ring (bicyclic) bond motifs is 1. The number of hydrogen-bond acceptors (Lipinski definition) is 8. The largest absolute Gasteiger partial charge is 0.495 e. The fourth-order valence-corrected chi connectivity index (χ4v) is 5.36. The van der Waals surface area contributed by atoms with E-state index in [1.165, 1.54) is 17.6 Å². The Hall–Kier alpha value is -4.16. The van der Waals surface area contributed by atoms with E-state index in [1.54, 1.807) is 36.9 Å². The molecule has 0 unspecified atom stereocenters. The van der Waals surface area contributed by atoms with E-state index >= 15 is 0 Å². The van der Waals surface area contributed by atoms with Crippen LogP contribution in [0.3, 0.4) is 0 Å². The van der Waals surface area contributed by atoms with E-state index in [4.69, 9.17) is 9.84 Å². The zero-order valence-electron chi connectivity index (χ0n) is 23.0. The molecule has 5 rings (SSSR count). The molecule has 210 valence electrons. The molecule has 1 aliphatic rings. The van der Waals surface area contributed by atoms with E-state index in [-0.39, 0.29) is 5.91 Å². The number of nitrogens with one attached hydrogen (secondary N) is 1. The Bertz CT molecular complexity index is 1650. The highest BCUT2D eigenvalue weighted by Gasteiger charge is 2.20. The summed E-state index contributed by atoms with van der Waals surface area (Å²) in [5.41, 5.74) is 4.61. The maximum atomic E-state index is 12.3. The second kappa shape index (κ2) is 11.1. The Morgan fingerprint density at radius 1 is 1.07 bits per heavy atom. The molecule has 0 spiro atoms. The van der Waals surface area contributed by atoms with Crippen LogP contribution in [0.15, 0.2) is 60.8 Å². The molecule has 1 N–H and O–H groups in total. The standard InChI is InChI=1S/C28H33N7O4S/c1-20(36)34-15-13-33(14-16-34)19-21-9-11-24(27(17-21)39-3)30-28-29-18-22-10-12-26(35(22)31-28)23-7-5-6-8-25(23)32(2)40(4,37)38/h5-12,17-18H,13-16,19H2,1-4H3,(H,30,31). The molecule has 0 atom stereocenters. The van der Waals surface area contributed by atoms with E-state index in [2.05, 4.69) is 15.2 Å². The molecule has 0 saturated carbocycles. The molecule has 1 aliphatic heterocycles. The van der Waals surface area contributed by atoms with Crippen LogP contribution in [0.4, 0.5) is 17.3 Å². The molecule has 2 aromatic heterocycles. The average Bonchev–Trinajstić information content (AvgIpc) is 3.36. The van der Waals surface area contributed by atoms with Crippen molar-refractivity contribution in [1.82, 2.24) is 24.4 Å². The summed E-state index contributed by atoms with van der Waals surface area (Å²) in [5.74, 6) is 1.15. The SMILES string of the molecule is COc1cc(CN2CCN(C(C)=O)CC2)ccc1Nc1ncc2ccc(-c3ccccc3N(C)S(C)(=O)=O)n2n1. The van der Waals surface area contributed by atoms with Gasteiger partial charge in [0.25, 0.3) is 0 Å². The molecule has 11 nitrogen and oxygen atoms in total. The number of piperazine rings is 1. The predicted molar refractivity (Wildman–Crippen MR) is 155 cm³/mol. The number of aromatic nitrogens is 3. The summed E-state index contributed by atoms with van der Waals surface area (Å²) in [7, 11) is -0.292. The van der Waals surface area contributed by atoms with Gasteiger partial charge in [0.05, 0.1) is 42.1 Å². The van der Waals surface area contributed by atoms with E-state index < -0.39 is 10.0 Å². The summed E-state index contributed by atoms with van der Waals surface area (Å²) in [4.78, 5) is 20.3. The van der Waals surface area contributed by atoms with Crippen LogP contribution in [-0.4, -0.2) is 85.3 Å². The molecule has 4 aromatic rings. The number of para-hydroxylation sites is 1. The minimum atomic E-state index is -3.45. The number of sulfonamides is 1. The lowest BCUT2D eigenvalue weighted by Gasteiger charge is -2.34. The Kier molecular flexibility index (Phi) is 7.63. The van der Waals surface area contributed by atoms with Gasteiger partial charge in [-0.05, 0) is 35.9 Å². The van der Waals surface area contributed by atoms with Gasteiger partial charge in [0.15, 0.2) is 0 Å². The van der Waals surface area contributed by atoms with Crippen LogP contribution < -0.4 is 14.4 Å². The van der Waals surface area contributed by atoms with Crippen LogP contribution in [0.2, 0.25) is 0 Å². The number of anilines is 3. The molecule has 1 saturated heterocycles. The summed E-state index contributed by atoms with van der Waals surface area (Å²) < 4.78 is 33.2. The predicted octanol–water partition coefficient (Wildman–Crippen LogP) is 3.21. The van der Waals surface area contributed by atoms with Crippen molar-refractivity contribution in [1.29, 1.82) is 0 Å². The van der Waals surface area contributed by atoms with Crippen LogP contribution in [0.25, 0.3) is 16.8 Å². The van der Waals surface area contributed by atoms with E-state index in [9.17, 15) is 13.2 Å². The molecule has 0 aliphatic carbocycles. The third-order valence-corrected chi connectivity index (χ3v) is 8.34. The smallest absolute Gasteiger partial charge is 0.245 e. The highest BCUT2D eigenvalue weighted by molar-refractivity contribution is 7.92. The first-order valence-corrected chi connectivity index (χ1v) is 14.8. The molecular weight excluding hydrogens is 530 g/mol. The van der Waals surface area contributed by atoms with Gasteiger partial charge in [0.2, 0.25) is 21.9 Å². The van der Waals surface area contributed by atoms with Gasteiger partial charge in [-0.3, -0.25) is 14.0 Å².